The zero-order valence-electron chi connectivity index (χ0n) is 9.71. The highest BCUT2D eigenvalue weighted by Crippen LogP contribution is 2.15. The summed E-state index contributed by atoms with van der Waals surface area (Å²) >= 11 is 0. The smallest absolute Gasteiger partial charge is 0.180 e. The molecule has 17 heavy (non-hydrogen) atoms. The summed E-state index contributed by atoms with van der Waals surface area (Å²) in [6.45, 7) is 0.440. The second-order valence-electron chi connectivity index (χ2n) is 3.35. The first-order valence-electron chi connectivity index (χ1n) is 5.14. The molecule has 0 amide bonds. The van der Waals surface area contributed by atoms with Gasteiger partial charge in [-0.15, -0.1) is 0 Å². The van der Waals surface area contributed by atoms with Crippen molar-refractivity contribution >= 4 is 5.82 Å². The van der Waals surface area contributed by atoms with Crippen LogP contribution in [-0.2, 0) is 11.3 Å². The molecular weight excluding hydrogens is 218 g/mol. The predicted octanol–water partition coefficient (Wildman–Crippen LogP) is 1.12. The summed E-state index contributed by atoms with van der Waals surface area (Å²) in [5, 5.41) is 2.99. The lowest BCUT2D eigenvalue weighted by atomic mass is 10.3. The van der Waals surface area contributed by atoms with E-state index >= 15 is 0 Å². The SMILES string of the molecule is CNc1cc(COC)nc(-c2ccncn2)n1. The molecule has 0 bridgehead atoms. The van der Waals surface area contributed by atoms with E-state index in [0.29, 0.717) is 18.1 Å². The van der Waals surface area contributed by atoms with Crippen LogP contribution >= 0.6 is 0 Å². The molecule has 6 heteroatoms. The average Bonchev–Trinajstić information content (AvgIpc) is 2.40. The van der Waals surface area contributed by atoms with E-state index in [1.165, 1.54) is 6.33 Å². The van der Waals surface area contributed by atoms with Crippen LogP contribution in [0.5, 0.6) is 0 Å². The number of ether oxygens (including phenoxy) is 1. The summed E-state index contributed by atoms with van der Waals surface area (Å²) in [5.74, 6) is 1.30. The van der Waals surface area contributed by atoms with Gasteiger partial charge >= 0.3 is 0 Å². The summed E-state index contributed by atoms with van der Waals surface area (Å²) < 4.78 is 5.07. The van der Waals surface area contributed by atoms with Crippen molar-refractivity contribution < 1.29 is 4.74 Å². The molecule has 88 valence electrons. The van der Waals surface area contributed by atoms with Crippen LogP contribution in [0.4, 0.5) is 5.82 Å². The fraction of sp³-hybridized carbons (Fsp3) is 0.273. The first-order chi connectivity index (χ1) is 8.33. The maximum absolute atomic E-state index is 5.07. The Kier molecular flexibility index (Phi) is 3.56. The van der Waals surface area contributed by atoms with Crippen molar-refractivity contribution in [2.45, 2.75) is 6.61 Å². The van der Waals surface area contributed by atoms with Crippen molar-refractivity contribution in [3.8, 4) is 11.5 Å². The second-order valence-corrected chi connectivity index (χ2v) is 3.35. The standard InChI is InChI=1S/C11H13N5O/c1-12-10-5-8(6-17-2)15-11(16-10)9-3-4-13-7-14-9/h3-5,7H,6H2,1-2H3,(H,12,15,16). The summed E-state index contributed by atoms with van der Waals surface area (Å²) in [4.78, 5) is 16.7. The molecule has 0 aromatic carbocycles. The Morgan fingerprint density at radius 2 is 2.24 bits per heavy atom. The van der Waals surface area contributed by atoms with Gasteiger partial charge in [0.05, 0.1) is 12.3 Å². The quantitative estimate of drug-likeness (QED) is 0.850. The Hall–Kier alpha value is -2.08. The fourth-order valence-electron chi connectivity index (χ4n) is 1.38. The van der Waals surface area contributed by atoms with Crippen molar-refractivity contribution in [2.24, 2.45) is 0 Å². The zero-order chi connectivity index (χ0) is 12.1. The van der Waals surface area contributed by atoms with Gasteiger partial charge in [0.15, 0.2) is 5.82 Å². The molecule has 0 saturated heterocycles. The summed E-state index contributed by atoms with van der Waals surface area (Å²) in [7, 11) is 3.44. The number of nitrogens with one attached hydrogen (secondary N) is 1. The van der Waals surface area contributed by atoms with E-state index in [0.717, 1.165) is 11.5 Å². The van der Waals surface area contributed by atoms with Crippen LogP contribution in [0.25, 0.3) is 11.5 Å². The molecule has 2 heterocycles. The van der Waals surface area contributed by atoms with Crippen LogP contribution in [0.3, 0.4) is 0 Å². The highest BCUT2D eigenvalue weighted by Gasteiger charge is 2.06. The van der Waals surface area contributed by atoms with Gasteiger partial charge in [0.2, 0.25) is 0 Å². The van der Waals surface area contributed by atoms with Gasteiger partial charge in [0.25, 0.3) is 0 Å². The number of hydrogen-bond donors (Lipinski definition) is 1. The molecule has 0 saturated carbocycles. The lowest BCUT2D eigenvalue weighted by Crippen LogP contribution is -2.02. The summed E-state index contributed by atoms with van der Waals surface area (Å²) in [6, 6.07) is 3.61. The number of aromatic nitrogens is 4. The number of methoxy groups -OCH3 is 1. The molecule has 2 rings (SSSR count). The Morgan fingerprint density at radius 1 is 1.35 bits per heavy atom. The van der Waals surface area contributed by atoms with E-state index < -0.39 is 0 Å². The lowest BCUT2D eigenvalue weighted by molar-refractivity contribution is 0.181. The minimum atomic E-state index is 0.440. The highest BCUT2D eigenvalue weighted by molar-refractivity contribution is 5.52. The van der Waals surface area contributed by atoms with Gasteiger partial charge in [-0.2, -0.15) is 0 Å². The van der Waals surface area contributed by atoms with Gasteiger partial charge in [-0.1, -0.05) is 0 Å². The highest BCUT2D eigenvalue weighted by atomic mass is 16.5. The third-order valence-electron chi connectivity index (χ3n) is 2.14. The number of hydrogen-bond acceptors (Lipinski definition) is 6. The Bertz CT molecular complexity index is 488. The number of nitrogens with zero attached hydrogens (tertiary/aromatic N) is 4. The normalized spacial score (nSPS) is 10.2. The third kappa shape index (κ3) is 2.73. The average molecular weight is 231 g/mol. The molecule has 0 atom stereocenters. The van der Waals surface area contributed by atoms with Gasteiger partial charge in [-0.25, -0.2) is 19.9 Å². The number of rotatable bonds is 4. The molecule has 0 spiro atoms. The second kappa shape index (κ2) is 5.31. The maximum atomic E-state index is 5.07. The van der Waals surface area contributed by atoms with E-state index in [-0.39, 0.29) is 0 Å². The van der Waals surface area contributed by atoms with E-state index in [2.05, 4.69) is 25.3 Å². The van der Waals surface area contributed by atoms with Crippen LogP contribution in [0.2, 0.25) is 0 Å². The van der Waals surface area contributed by atoms with Crippen molar-refractivity contribution in [1.29, 1.82) is 0 Å². The lowest BCUT2D eigenvalue weighted by Gasteiger charge is -2.06. The molecular formula is C11H13N5O. The minimum Gasteiger partial charge on any atom is -0.378 e. The molecule has 2 aromatic rings. The van der Waals surface area contributed by atoms with Gasteiger partial charge in [-0.3, -0.25) is 0 Å². The Labute approximate surface area is 99.1 Å². The van der Waals surface area contributed by atoms with Gasteiger partial charge in [-0.05, 0) is 6.07 Å². The van der Waals surface area contributed by atoms with Crippen molar-refractivity contribution in [3.05, 3.63) is 30.4 Å². The van der Waals surface area contributed by atoms with E-state index in [1.807, 2.05) is 13.1 Å². The van der Waals surface area contributed by atoms with Crippen LogP contribution in [-0.4, -0.2) is 34.1 Å². The van der Waals surface area contributed by atoms with Crippen LogP contribution in [0, 0.1) is 0 Å². The first kappa shape index (κ1) is 11.4. The fourth-order valence-corrected chi connectivity index (χ4v) is 1.38. The molecule has 0 radical (unpaired) electrons. The molecule has 0 fully saturated rings. The van der Waals surface area contributed by atoms with Crippen LogP contribution in [0.15, 0.2) is 24.7 Å². The van der Waals surface area contributed by atoms with Crippen LogP contribution < -0.4 is 5.32 Å². The molecule has 2 aromatic heterocycles. The molecule has 0 aliphatic rings. The largest absolute Gasteiger partial charge is 0.378 e. The molecule has 0 aliphatic heterocycles. The molecule has 6 nitrogen and oxygen atoms in total. The summed E-state index contributed by atoms with van der Waals surface area (Å²) in [6.07, 6.45) is 3.13. The minimum absolute atomic E-state index is 0.440. The molecule has 0 aliphatic carbocycles. The van der Waals surface area contributed by atoms with E-state index in [4.69, 9.17) is 4.74 Å². The van der Waals surface area contributed by atoms with Gasteiger partial charge < -0.3 is 10.1 Å². The third-order valence-corrected chi connectivity index (χ3v) is 2.14. The van der Waals surface area contributed by atoms with Gasteiger partial charge in [0.1, 0.15) is 17.8 Å². The zero-order valence-corrected chi connectivity index (χ0v) is 9.71. The van der Waals surface area contributed by atoms with Crippen LogP contribution in [0.1, 0.15) is 5.69 Å². The van der Waals surface area contributed by atoms with E-state index in [9.17, 15) is 0 Å². The number of anilines is 1. The monoisotopic (exact) mass is 231 g/mol. The Morgan fingerprint density at radius 3 is 2.88 bits per heavy atom. The van der Waals surface area contributed by atoms with Crippen molar-refractivity contribution in [3.63, 3.8) is 0 Å². The Balaban J connectivity index is 2.43. The van der Waals surface area contributed by atoms with E-state index in [1.54, 1.807) is 19.4 Å². The van der Waals surface area contributed by atoms with Crippen molar-refractivity contribution in [2.75, 3.05) is 19.5 Å². The molecule has 1 N–H and O–H groups in total. The summed E-state index contributed by atoms with van der Waals surface area (Å²) in [5.41, 5.74) is 1.50. The molecule has 0 unspecified atom stereocenters. The van der Waals surface area contributed by atoms with Crippen molar-refractivity contribution in [1.82, 2.24) is 19.9 Å². The topological polar surface area (TPSA) is 72.8 Å². The van der Waals surface area contributed by atoms with Gasteiger partial charge in [0, 0.05) is 26.4 Å². The first-order valence-corrected chi connectivity index (χ1v) is 5.14. The maximum Gasteiger partial charge on any atom is 0.180 e. The predicted molar refractivity (Wildman–Crippen MR) is 63.3 cm³/mol.